The lowest BCUT2D eigenvalue weighted by molar-refractivity contribution is 0.0732. The van der Waals surface area contributed by atoms with Crippen molar-refractivity contribution in [3.05, 3.63) is 47.0 Å². The third kappa shape index (κ3) is 3.00. The van der Waals surface area contributed by atoms with Crippen LogP contribution in [-0.4, -0.2) is 33.7 Å². The summed E-state index contributed by atoms with van der Waals surface area (Å²) in [5.74, 6) is 0.195. The van der Waals surface area contributed by atoms with Crippen LogP contribution in [0.2, 0.25) is 0 Å². The van der Waals surface area contributed by atoms with E-state index in [1.165, 1.54) is 12.1 Å². The summed E-state index contributed by atoms with van der Waals surface area (Å²) in [6.45, 7) is 9.19. The Morgan fingerprint density at radius 3 is 2.75 bits per heavy atom. The highest BCUT2D eigenvalue weighted by atomic mass is 19.1. The van der Waals surface area contributed by atoms with E-state index in [1.807, 2.05) is 32.4 Å². The lowest BCUT2D eigenvalue weighted by atomic mass is 10.1. The molecule has 0 radical (unpaired) electrons. The molecule has 5 nitrogen and oxygen atoms in total. The highest BCUT2D eigenvalue weighted by Crippen LogP contribution is 2.26. The van der Waals surface area contributed by atoms with Crippen LogP contribution >= 0.6 is 0 Å². The van der Waals surface area contributed by atoms with Crippen LogP contribution in [0.1, 0.15) is 42.4 Å². The molecule has 2 aromatic rings. The zero-order valence-corrected chi connectivity index (χ0v) is 14.5. The lowest BCUT2D eigenvalue weighted by Gasteiger charge is -2.23. The highest BCUT2D eigenvalue weighted by molar-refractivity contribution is 5.95. The van der Waals surface area contributed by atoms with Gasteiger partial charge >= 0.3 is 0 Å². The number of rotatable bonds is 1. The third-order valence-corrected chi connectivity index (χ3v) is 4.17. The summed E-state index contributed by atoms with van der Waals surface area (Å²) in [6.07, 6.45) is 1.61. The fraction of sp³-hybridized carbons (Fsp3) is 0.444. The Morgan fingerprint density at radius 1 is 1.33 bits per heavy atom. The van der Waals surface area contributed by atoms with E-state index in [0.717, 1.165) is 5.69 Å². The number of carbonyl (C=O) groups is 1. The number of ether oxygens (including phenoxy) is 1. The molecule has 0 atom stereocenters. The third-order valence-electron chi connectivity index (χ3n) is 4.17. The topological polar surface area (TPSA) is 47.4 Å². The van der Waals surface area contributed by atoms with Crippen LogP contribution < -0.4 is 4.74 Å². The van der Waals surface area contributed by atoms with Crippen molar-refractivity contribution in [2.45, 2.75) is 39.8 Å². The molecule has 1 aliphatic rings. The Hall–Kier alpha value is -2.37. The molecule has 0 bridgehead atoms. The minimum absolute atomic E-state index is 0.108. The maximum Gasteiger partial charge on any atom is 0.257 e. The van der Waals surface area contributed by atoms with Gasteiger partial charge in [-0.1, -0.05) is 0 Å². The van der Waals surface area contributed by atoms with Gasteiger partial charge in [-0.05, 0) is 45.9 Å². The smallest absolute Gasteiger partial charge is 0.257 e. The Morgan fingerprint density at radius 2 is 2.08 bits per heavy atom. The van der Waals surface area contributed by atoms with Crippen LogP contribution in [-0.2, 0) is 12.1 Å². The van der Waals surface area contributed by atoms with Crippen LogP contribution in [0.3, 0.4) is 0 Å². The summed E-state index contributed by atoms with van der Waals surface area (Å²) >= 11 is 0. The fourth-order valence-corrected chi connectivity index (χ4v) is 3.00. The molecule has 2 heterocycles. The molecule has 24 heavy (non-hydrogen) atoms. The summed E-state index contributed by atoms with van der Waals surface area (Å²) in [7, 11) is 0. The van der Waals surface area contributed by atoms with Gasteiger partial charge in [-0.25, -0.2) is 4.39 Å². The van der Waals surface area contributed by atoms with Gasteiger partial charge in [-0.3, -0.25) is 9.48 Å². The van der Waals surface area contributed by atoms with E-state index in [-0.39, 0.29) is 17.3 Å². The second-order valence-corrected chi connectivity index (χ2v) is 7.05. The first kappa shape index (κ1) is 16.5. The van der Waals surface area contributed by atoms with Crippen LogP contribution in [0.15, 0.2) is 24.4 Å². The van der Waals surface area contributed by atoms with Gasteiger partial charge in [0.2, 0.25) is 0 Å². The number of hydrogen-bond acceptors (Lipinski definition) is 3. The minimum atomic E-state index is -0.330. The summed E-state index contributed by atoms with van der Waals surface area (Å²) < 4.78 is 21.0. The molecular weight excluding hydrogens is 309 g/mol. The second kappa shape index (κ2) is 5.92. The van der Waals surface area contributed by atoms with Crippen molar-refractivity contribution in [2.75, 3.05) is 13.2 Å². The number of amides is 1. The SMILES string of the molecule is Cc1c(C(=O)N2CCOc3ccc(F)cc3C2)cnn1C(C)(C)C. The Balaban J connectivity index is 1.89. The van der Waals surface area contributed by atoms with Gasteiger partial charge in [-0.15, -0.1) is 0 Å². The molecule has 1 amide bonds. The lowest BCUT2D eigenvalue weighted by Crippen LogP contribution is -2.33. The van der Waals surface area contributed by atoms with E-state index >= 15 is 0 Å². The van der Waals surface area contributed by atoms with Crippen LogP contribution in [0.4, 0.5) is 4.39 Å². The van der Waals surface area contributed by atoms with Crippen LogP contribution in [0, 0.1) is 12.7 Å². The molecular formula is C18H22FN3O2. The zero-order valence-electron chi connectivity index (χ0n) is 14.5. The number of nitrogens with zero attached hydrogens (tertiary/aromatic N) is 3. The molecule has 1 aliphatic heterocycles. The molecule has 0 spiro atoms. The highest BCUT2D eigenvalue weighted by Gasteiger charge is 2.26. The molecule has 0 unspecified atom stereocenters. The predicted molar refractivity (Wildman–Crippen MR) is 88.6 cm³/mol. The average molecular weight is 331 g/mol. The Labute approximate surface area is 141 Å². The van der Waals surface area contributed by atoms with Crippen LogP contribution in [0.25, 0.3) is 0 Å². The van der Waals surface area contributed by atoms with Gasteiger partial charge < -0.3 is 9.64 Å². The monoisotopic (exact) mass is 331 g/mol. The van der Waals surface area contributed by atoms with Crippen molar-refractivity contribution in [1.82, 2.24) is 14.7 Å². The number of halogens is 1. The van der Waals surface area contributed by atoms with Gasteiger partial charge in [0, 0.05) is 17.8 Å². The van der Waals surface area contributed by atoms with Gasteiger partial charge in [0.05, 0.1) is 23.8 Å². The second-order valence-electron chi connectivity index (χ2n) is 7.05. The van der Waals surface area contributed by atoms with Crippen LogP contribution in [0.5, 0.6) is 5.75 Å². The summed E-state index contributed by atoms with van der Waals surface area (Å²) in [6, 6.07) is 4.40. The number of fused-ring (bicyclic) bond motifs is 1. The number of carbonyl (C=O) groups excluding carboxylic acids is 1. The maximum atomic E-state index is 13.5. The van der Waals surface area contributed by atoms with Gasteiger partial charge in [-0.2, -0.15) is 5.10 Å². The Bertz CT molecular complexity index is 777. The van der Waals surface area contributed by atoms with Crippen molar-refractivity contribution >= 4 is 5.91 Å². The molecule has 128 valence electrons. The molecule has 3 rings (SSSR count). The van der Waals surface area contributed by atoms with Crippen molar-refractivity contribution < 1.29 is 13.9 Å². The summed E-state index contributed by atoms with van der Waals surface area (Å²) in [5.41, 5.74) is 1.89. The standard InChI is InChI=1S/C18H22FN3O2/c1-12-15(10-20-22(12)18(2,3)4)17(23)21-7-8-24-16-6-5-14(19)9-13(16)11-21/h5-6,9-10H,7-8,11H2,1-4H3. The number of hydrogen-bond donors (Lipinski definition) is 0. The van der Waals surface area contributed by atoms with E-state index in [4.69, 9.17) is 4.74 Å². The van der Waals surface area contributed by atoms with Gasteiger partial charge in [0.25, 0.3) is 5.91 Å². The van der Waals surface area contributed by atoms with Crippen molar-refractivity contribution in [3.63, 3.8) is 0 Å². The molecule has 0 N–H and O–H groups in total. The van der Waals surface area contributed by atoms with Crippen molar-refractivity contribution in [2.24, 2.45) is 0 Å². The molecule has 0 fully saturated rings. The largest absolute Gasteiger partial charge is 0.491 e. The van der Waals surface area contributed by atoms with Crippen molar-refractivity contribution in [1.29, 1.82) is 0 Å². The molecule has 0 saturated carbocycles. The predicted octanol–water partition coefficient (Wildman–Crippen LogP) is 3.12. The number of benzene rings is 1. The van der Waals surface area contributed by atoms with E-state index < -0.39 is 0 Å². The van der Waals surface area contributed by atoms with E-state index in [0.29, 0.717) is 36.6 Å². The average Bonchev–Trinajstić information content (AvgIpc) is 2.77. The molecule has 6 heteroatoms. The summed E-state index contributed by atoms with van der Waals surface area (Å²) in [4.78, 5) is 14.6. The van der Waals surface area contributed by atoms with Gasteiger partial charge in [0.15, 0.2) is 0 Å². The minimum Gasteiger partial charge on any atom is -0.491 e. The first-order valence-electron chi connectivity index (χ1n) is 8.03. The zero-order chi connectivity index (χ0) is 17.5. The maximum absolute atomic E-state index is 13.5. The first-order valence-corrected chi connectivity index (χ1v) is 8.03. The molecule has 0 saturated heterocycles. The fourth-order valence-electron chi connectivity index (χ4n) is 3.00. The van der Waals surface area contributed by atoms with Crippen molar-refractivity contribution in [3.8, 4) is 5.75 Å². The van der Waals surface area contributed by atoms with Gasteiger partial charge in [0.1, 0.15) is 18.2 Å². The molecule has 1 aromatic carbocycles. The quantitative estimate of drug-likeness (QED) is 0.807. The van der Waals surface area contributed by atoms with E-state index in [1.54, 1.807) is 17.2 Å². The summed E-state index contributed by atoms with van der Waals surface area (Å²) in [5, 5.41) is 4.36. The first-order chi connectivity index (χ1) is 11.3. The number of aromatic nitrogens is 2. The van der Waals surface area contributed by atoms with E-state index in [2.05, 4.69) is 5.10 Å². The molecule has 1 aromatic heterocycles. The molecule has 0 aliphatic carbocycles. The normalized spacial score (nSPS) is 14.8. The van der Waals surface area contributed by atoms with E-state index in [9.17, 15) is 9.18 Å². The Kier molecular flexibility index (Phi) is 4.07.